The second-order valence-corrected chi connectivity index (χ2v) is 8.31. The van der Waals surface area contributed by atoms with Crippen molar-refractivity contribution >= 4 is 5.91 Å². The summed E-state index contributed by atoms with van der Waals surface area (Å²) in [5.41, 5.74) is 8.20. The minimum absolute atomic E-state index is 0.0702. The maximum Gasteiger partial charge on any atom is 0.237 e. The lowest BCUT2D eigenvalue weighted by Crippen LogP contribution is -2.45. The van der Waals surface area contributed by atoms with E-state index in [-0.39, 0.29) is 11.3 Å². The van der Waals surface area contributed by atoms with Crippen molar-refractivity contribution in [3.63, 3.8) is 0 Å². The summed E-state index contributed by atoms with van der Waals surface area (Å²) < 4.78 is 2.01. The van der Waals surface area contributed by atoms with E-state index >= 15 is 0 Å². The van der Waals surface area contributed by atoms with Crippen LogP contribution >= 0.6 is 0 Å². The summed E-state index contributed by atoms with van der Waals surface area (Å²) >= 11 is 0. The van der Waals surface area contributed by atoms with Crippen LogP contribution in [0.3, 0.4) is 0 Å². The van der Waals surface area contributed by atoms with E-state index in [9.17, 15) is 4.79 Å². The molecule has 0 spiro atoms. The summed E-state index contributed by atoms with van der Waals surface area (Å²) in [7, 11) is 0. The summed E-state index contributed by atoms with van der Waals surface area (Å²) in [6, 6.07) is 9.63. The molecule has 3 N–H and O–H groups in total. The van der Waals surface area contributed by atoms with Gasteiger partial charge in [0.1, 0.15) is 0 Å². The van der Waals surface area contributed by atoms with Crippen LogP contribution in [0.1, 0.15) is 45.4 Å². The van der Waals surface area contributed by atoms with E-state index in [1.807, 2.05) is 29.0 Å². The fourth-order valence-electron chi connectivity index (χ4n) is 3.35. The molecule has 5 heteroatoms. The number of nitrogens with zero attached hydrogens (tertiary/aromatic N) is 2. The average Bonchev–Trinajstić information content (AvgIpc) is 2.99. The Labute approximate surface area is 157 Å². The molecule has 2 rings (SSSR count). The number of imidazole rings is 1. The van der Waals surface area contributed by atoms with Crippen LogP contribution in [0.15, 0.2) is 42.9 Å². The van der Waals surface area contributed by atoms with Gasteiger partial charge in [-0.25, -0.2) is 4.98 Å². The molecule has 2 aromatic rings. The topological polar surface area (TPSA) is 72.9 Å². The highest BCUT2D eigenvalue weighted by molar-refractivity contribution is 5.81. The van der Waals surface area contributed by atoms with E-state index < -0.39 is 6.04 Å². The molecule has 1 heterocycles. The minimum atomic E-state index is -0.579. The van der Waals surface area contributed by atoms with E-state index in [0.717, 1.165) is 18.7 Å². The van der Waals surface area contributed by atoms with Gasteiger partial charge in [0.05, 0.1) is 18.1 Å². The average molecular weight is 357 g/mol. The van der Waals surface area contributed by atoms with Crippen molar-refractivity contribution in [2.75, 3.05) is 6.54 Å². The van der Waals surface area contributed by atoms with Crippen LogP contribution in [0.5, 0.6) is 0 Å². The van der Waals surface area contributed by atoms with Crippen molar-refractivity contribution in [3.05, 3.63) is 54.1 Å². The predicted molar refractivity (Wildman–Crippen MR) is 106 cm³/mol. The quantitative estimate of drug-likeness (QED) is 0.725. The Morgan fingerprint density at radius 3 is 2.62 bits per heavy atom. The van der Waals surface area contributed by atoms with Crippen molar-refractivity contribution < 1.29 is 4.79 Å². The van der Waals surface area contributed by atoms with Gasteiger partial charge in [0, 0.05) is 25.7 Å². The number of nitrogens with one attached hydrogen (secondary N) is 1. The molecule has 1 atom stereocenters. The van der Waals surface area contributed by atoms with Crippen LogP contribution in [0.4, 0.5) is 0 Å². The maximum absolute atomic E-state index is 12.3. The van der Waals surface area contributed by atoms with Crippen molar-refractivity contribution in [1.82, 2.24) is 14.9 Å². The predicted octanol–water partition coefficient (Wildman–Crippen LogP) is 2.99. The lowest BCUT2D eigenvalue weighted by molar-refractivity contribution is -0.122. The summed E-state index contributed by atoms with van der Waals surface area (Å²) in [4.78, 5) is 16.7. The Hall–Kier alpha value is -2.14. The number of aromatic nitrogens is 2. The molecule has 0 saturated heterocycles. The fraction of sp³-hybridized carbons (Fsp3) is 0.524. The van der Waals surface area contributed by atoms with Crippen LogP contribution < -0.4 is 11.1 Å². The minimum Gasteiger partial charge on any atom is -0.354 e. The Balaban J connectivity index is 1.83. The number of hydrogen-bond donors (Lipinski definition) is 2. The first-order chi connectivity index (χ1) is 12.2. The Kier molecular flexibility index (Phi) is 6.98. The highest BCUT2D eigenvalue weighted by Crippen LogP contribution is 2.24. The lowest BCUT2D eigenvalue weighted by atomic mass is 9.84. The first-order valence-corrected chi connectivity index (χ1v) is 9.33. The molecule has 0 fully saturated rings. The van der Waals surface area contributed by atoms with Gasteiger partial charge in [-0.2, -0.15) is 0 Å². The van der Waals surface area contributed by atoms with Gasteiger partial charge >= 0.3 is 0 Å². The first kappa shape index (κ1) is 20.2. The zero-order valence-electron chi connectivity index (χ0n) is 16.4. The number of hydrogen-bond acceptors (Lipinski definition) is 3. The van der Waals surface area contributed by atoms with Gasteiger partial charge in [-0.05, 0) is 23.3 Å². The number of carbonyl (C=O) groups excluding carboxylic acids is 1. The van der Waals surface area contributed by atoms with E-state index in [1.54, 1.807) is 6.33 Å². The molecule has 5 nitrogen and oxygen atoms in total. The molecule has 0 radical (unpaired) electrons. The van der Waals surface area contributed by atoms with Gasteiger partial charge in [0.2, 0.25) is 5.91 Å². The normalized spacial score (nSPS) is 13.0. The highest BCUT2D eigenvalue weighted by atomic mass is 16.2. The monoisotopic (exact) mass is 356 g/mol. The van der Waals surface area contributed by atoms with Gasteiger partial charge in [-0.1, -0.05) is 58.0 Å². The zero-order chi connectivity index (χ0) is 19.2. The molecular formula is C21H32N4O. The zero-order valence-corrected chi connectivity index (χ0v) is 16.4. The molecule has 1 amide bonds. The van der Waals surface area contributed by atoms with Crippen LogP contribution in [-0.2, 0) is 17.8 Å². The molecule has 1 aromatic heterocycles. The number of rotatable bonds is 9. The third kappa shape index (κ3) is 6.64. The summed E-state index contributed by atoms with van der Waals surface area (Å²) in [6.45, 7) is 10.1. The van der Waals surface area contributed by atoms with E-state index in [0.29, 0.717) is 18.9 Å². The number of amides is 1. The van der Waals surface area contributed by atoms with Crippen molar-refractivity contribution in [2.45, 2.75) is 53.1 Å². The van der Waals surface area contributed by atoms with Crippen LogP contribution in [0, 0.1) is 11.3 Å². The summed E-state index contributed by atoms with van der Waals surface area (Å²) in [5, 5.41) is 3.00. The Morgan fingerprint density at radius 1 is 1.27 bits per heavy atom. The van der Waals surface area contributed by atoms with Gasteiger partial charge in [-0.15, -0.1) is 0 Å². The molecule has 142 valence electrons. The lowest BCUT2D eigenvalue weighted by Gasteiger charge is -2.27. The molecular weight excluding hydrogens is 324 g/mol. The van der Waals surface area contributed by atoms with Crippen LogP contribution in [0.2, 0.25) is 0 Å². The highest BCUT2D eigenvalue weighted by Gasteiger charge is 2.22. The molecule has 0 aliphatic rings. The van der Waals surface area contributed by atoms with Crippen molar-refractivity contribution in [2.24, 2.45) is 17.1 Å². The molecule has 0 aliphatic carbocycles. The van der Waals surface area contributed by atoms with Gasteiger partial charge in [-0.3, -0.25) is 4.79 Å². The smallest absolute Gasteiger partial charge is 0.237 e. The van der Waals surface area contributed by atoms with Gasteiger partial charge < -0.3 is 15.6 Å². The molecule has 0 saturated carbocycles. The van der Waals surface area contributed by atoms with E-state index in [2.05, 4.69) is 50.1 Å². The standard InChI is InChI=1S/C21H32N4O/c1-16(2)11-21(3,4)14-23-20(26)19(22)10-18-13-25(15-24-18)12-17-8-6-5-7-9-17/h5-9,13,15-16,19H,10-12,14,22H2,1-4H3,(H,23,26)/t19-/m0/s1. The first-order valence-electron chi connectivity index (χ1n) is 9.33. The number of carbonyl (C=O) groups is 1. The van der Waals surface area contributed by atoms with E-state index in [1.165, 1.54) is 5.56 Å². The van der Waals surface area contributed by atoms with Crippen molar-refractivity contribution in [1.29, 1.82) is 0 Å². The van der Waals surface area contributed by atoms with Gasteiger partial charge in [0.15, 0.2) is 0 Å². The Morgan fingerprint density at radius 2 is 1.96 bits per heavy atom. The summed E-state index contributed by atoms with van der Waals surface area (Å²) in [5.74, 6) is 0.489. The Bertz CT molecular complexity index is 691. The molecule has 0 aliphatic heterocycles. The number of nitrogens with two attached hydrogens (primary N) is 1. The van der Waals surface area contributed by atoms with Crippen molar-refractivity contribution in [3.8, 4) is 0 Å². The van der Waals surface area contributed by atoms with Crippen LogP contribution in [0.25, 0.3) is 0 Å². The second kappa shape index (κ2) is 8.99. The number of benzene rings is 1. The fourth-order valence-corrected chi connectivity index (χ4v) is 3.35. The third-order valence-electron chi connectivity index (χ3n) is 4.36. The van der Waals surface area contributed by atoms with Crippen LogP contribution in [-0.4, -0.2) is 28.0 Å². The largest absolute Gasteiger partial charge is 0.354 e. The SMILES string of the molecule is CC(C)CC(C)(C)CNC(=O)[C@@H](N)Cc1cn(Cc2ccccc2)cn1. The molecule has 0 bridgehead atoms. The molecule has 0 unspecified atom stereocenters. The summed E-state index contributed by atoms with van der Waals surface area (Å²) in [6.07, 6.45) is 5.26. The van der Waals surface area contributed by atoms with E-state index in [4.69, 9.17) is 5.73 Å². The third-order valence-corrected chi connectivity index (χ3v) is 4.36. The maximum atomic E-state index is 12.3. The van der Waals surface area contributed by atoms with Gasteiger partial charge in [0.25, 0.3) is 0 Å². The molecule has 1 aromatic carbocycles. The second-order valence-electron chi connectivity index (χ2n) is 8.31. The molecule has 26 heavy (non-hydrogen) atoms.